The topological polar surface area (TPSA) is 65.1 Å². The predicted molar refractivity (Wildman–Crippen MR) is 100.0 cm³/mol. The molecule has 1 aromatic heterocycles. The van der Waals surface area contributed by atoms with Crippen LogP contribution in [0.2, 0.25) is 0 Å². The van der Waals surface area contributed by atoms with E-state index in [1.165, 1.54) is 11.3 Å². The molecule has 0 unspecified atom stereocenters. The minimum atomic E-state index is -0.474. The van der Waals surface area contributed by atoms with E-state index in [1.54, 1.807) is 31.3 Å². The van der Waals surface area contributed by atoms with E-state index in [-0.39, 0.29) is 12.5 Å². The molecule has 2 rings (SSSR count). The molecule has 0 spiro atoms. The summed E-state index contributed by atoms with van der Waals surface area (Å²) in [6.45, 7) is 4.41. The SMILES string of the molecule is CCN(Cc1ccc(OC)c(OC)c1)C(=O)COC(=O)c1ccc(C)s1. The second kappa shape index (κ2) is 9.24. The molecule has 0 fully saturated rings. The number of methoxy groups -OCH3 is 2. The normalized spacial score (nSPS) is 10.3. The lowest BCUT2D eigenvalue weighted by molar-refractivity contribution is -0.134. The highest BCUT2D eigenvalue weighted by Gasteiger charge is 2.17. The lowest BCUT2D eigenvalue weighted by Gasteiger charge is -2.21. The van der Waals surface area contributed by atoms with Gasteiger partial charge in [-0.2, -0.15) is 0 Å². The minimum absolute atomic E-state index is 0.246. The van der Waals surface area contributed by atoms with Gasteiger partial charge >= 0.3 is 5.97 Å². The molecule has 0 saturated carbocycles. The zero-order valence-corrected chi connectivity index (χ0v) is 16.2. The summed E-state index contributed by atoms with van der Waals surface area (Å²) in [4.78, 5) is 27.5. The number of esters is 1. The van der Waals surface area contributed by atoms with Crippen molar-refractivity contribution in [1.82, 2.24) is 4.90 Å². The van der Waals surface area contributed by atoms with Crippen molar-refractivity contribution in [2.45, 2.75) is 20.4 Å². The molecule has 140 valence electrons. The third-order valence-electron chi connectivity index (χ3n) is 3.82. The number of hydrogen-bond acceptors (Lipinski definition) is 6. The van der Waals surface area contributed by atoms with Crippen molar-refractivity contribution in [1.29, 1.82) is 0 Å². The van der Waals surface area contributed by atoms with Crippen molar-refractivity contribution in [2.75, 3.05) is 27.4 Å². The van der Waals surface area contributed by atoms with E-state index in [4.69, 9.17) is 14.2 Å². The molecule has 0 bridgehead atoms. The molecular formula is C19H23NO5S. The first-order valence-corrected chi connectivity index (χ1v) is 9.02. The Kier molecular flexibility index (Phi) is 7.03. The molecule has 1 aromatic carbocycles. The molecule has 6 nitrogen and oxygen atoms in total. The van der Waals surface area contributed by atoms with Crippen LogP contribution in [-0.2, 0) is 16.1 Å². The van der Waals surface area contributed by atoms with Gasteiger partial charge in [-0.15, -0.1) is 11.3 Å². The Morgan fingerprint density at radius 2 is 1.81 bits per heavy atom. The third-order valence-corrected chi connectivity index (χ3v) is 4.80. The van der Waals surface area contributed by atoms with Gasteiger partial charge in [-0.1, -0.05) is 6.07 Å². The lowest BCUT2D eigenvalue weighted by atomic mass is 10.2. The van der Waals surface area contributed by atoms with E-state index in [0.717, 1.165) is 10.4 Å². The summed E-state index contributed by atoms with van der Waals surface area (Å²) in [5, 5.41) is 0. The van der Waals surface area contributed by atoms with E-state index in [2.05, 4.69) is 0 Å². The molecule has 0 radical (unpaired) electrons. The van der Waals surface area contributed by atoms with Crippen molar-refractivity contribution in [2.24, 2.45) is 0 Å². The van der Waals surface area contributed by atoms with Crippen LogP contribution in [0.1, 0.15) is 27.0 Å². The predicted octanol–water partition coefficient (Wildman–Crippen LogP) is 3.28. The molecule has 2 aromatic rings. The summed E-state index contributed by atoms with van der Waals surface area (Å²) in [7, 11) is 3.14. The fraction of sp³-hybridized carbons (Fsp3) is 0.368. The van der Waals surface area contributed by atoms with Crippen LogP contribution in [-0.4, -0.2) is 44.1 Å². The van der Waals surface area contributed by atoms with E-state index in [0.29, 0.717) is 29.5 Å². The Morgan fingerprint density at radius 1 is 1.08 bits per heavy atom. The first kappa shape index (κ1) is 19.8. The fourth-order valence-corrected chi connectivity index (χ4v) is 3.17. The van der Waals surface area contributed by atoms with Crippen molar-refractivity contribution in [3.8, 4) is 11.5 Å². The maximum Gasteiger partial charge on any atom is 0.348 e. The van der Waals surface area contributed by atoms with Gasteiger partial charge in [0.2, 0.25) is 0 Å². The van der Waals surface area contributed by atoms with Crippen LogP contribution in [0, 0.1) is 6.92 Å². The van der Waals surface area contributed by atoms with Gasteiger partial charge < -0.3 is 19.1 Å². The van der Waals surface area contributed by atoms with Gasteiger partial charge in [0, 0.05) is 18.0 Å². The number of hydrogen-bond donors (Lipinski definition) is 0. The summed E-state index contributed by atoms with van der Waals surface area (Å²) >= 11 is 1.35. The standard InChI is InChI=1S/C19H23NO5S/c1-5-20(11-14-7-8-15(23-3)16(10-14)24-4)18(21)12-25-19(22)17-9-6-13(2)26-17/h6-10H,5,11-12H2,1-4H3. The second-order valence-corrected chi connectivity index (χ2v) is 6.87. The zero-order chi connectivity index (χ0) is 19.1. The largest absolute Gasteiger partial charge is 0.493 e. The molecule has 0 N–H and O–H groups in total. The summed E-state index contributed by atoms with van der Waals surface area (Å²) in [6, 6.07) is 9.05. The van der Waals surface area contributed by atoms with Gasteiger partial charge in [-0.3, -0.25) is 4.79 Å². The molecular weight excluding hydrogens is 354 g/mol. The molecule has 0 aliphatic heterocycles. The Bertz CT molecular complexity index is 771. The Morgan fingerprint density at radius 3 is 2.38 bits per heavy atom. The molecule has 0 aliphatic rings. The van der Waals surface area contributed by atoms with E-state index in [1.807, 2.05) is 32.0 Å². The Balaban J connectivity index is 1.97. The van der Waals surface area contributed by atoms with Crippen molar-refractivity contribution in [3.63, 3.8) is 0 Å². The molecule has 1 amide bonds. The fourth-order valence-electron chi connectivity index (χ4n) is 2.41. The number of rotatable bonds is 8. The number of likely N-dealkylation sites (N-methyl/N-ethyl adjacent to an activating group) is 1. The molecule has 0 saturated heterocycles. The van der Waals surface area contributed by atoms with Crippen LogP contribution in [0.4, 0.5) is 0 Å². The Hall–Kier alpha value is -2.54. The first-order chi connectivity index (χ1) is 12.5. The number of carbonyl (C=O) groups is 2. The molecule has 1 heterocycles. The first-order valence-electron chi connectivity index (χ1n) is 8.20. The highest BCUT2D eigenvalue weighted by molar-refractivity contribution is 7.13. The van der Waals surface area contributed by atoms with Crippen molar-refractivity contribution < 1.29 is 23.8 Å². The highest BCUT2D eigenvalue weighted by Crippen LogP contribution is 2.28. The second-order valence-electron chi connectivity index (χ2n) is 5.58. The van der Waals surface area contributed by atoms with Crippen molar-refractivity contribution in [3.05, 3.63) is 45.6 Å². The third kappa shape index (κ3) is 4.98. The monoisotopic (exact) mass is 377 g/mol. The zero-order valence-electron chi connectivity index (χ0n) is 15.4. The average molecular weight is 377 g/mol. The van der Waals surface area contributed by atoms with Gasteiger partial charge in [-0.25, -0.2) is 4.79 Å². The smallest absolute Gasteiger partial charge is 0.348 e. The van der Waals surface area contributed by atoms with Crippen LogP contribution in [0.15, 0.2) is 30.3 Å². The molecule has 0 atom stereocenters. The number of thiophene rings is 1. The maximum atomic E-state index is 12.4. The van der Waals surface area contributed by atoms with Gasteiger partial charge in [0.05, 0.1) is 14.2 Å². The molecule has 0 aliphatic carbocycles. The lowest BCUT2D eigenvalue weighted by Crippen LogP contribution is -2.34. The van der Waals surface area contributed by atoms with Gasteiger partial charge in [0.1, 0.15) is 4.88 Å². The van der Waals surface area contributed by atoms with Gasteiger partial charge in [-0.05, 0) is 43.7 Å². The number of nitrogens with zero attached hydrogens (tertiary/aromatic N) is 1. The van der Waals surface area contributed by atoms with Crippen molar-refractivity contribution >= 4 is 23.2 Å². The maximum absolute atomic E-state index is 12.4. The number of amides is 1. The van der Waals surface area contributed by atoms with Crippen LogP contribution in [0.5, 0.6) is 11.5 Å². The number of aryl methyl sites for hydroxylation is 1. The molecule has 26 heavy (non-hydrogen) atoms. The minimum Gasteiger partial charge on any atom is -0.493 e. The van der Waals surface area contributed by atoms with Crippen LogP contribution < -0.4 is 9.47 Å². The number of ether oxygens (including phenoxy) is 3. The number of benzene rings is 1. The Labute approximate surface area is 157 Å². The molecule has 7 heteroatoms. The quantitative estimate of drug-likeness (QED) is 0.661. The van der Waals surface area contributed by atoms with E-state index < -0.39 is 5.97 Å². The summed E-state index contributed by atoms with van der Waals surface area (Å²) in [6.07, 6.45) is 0. The average Bonchev–Trinajstić information content (AvgIpc) is 3.10. The van der Waals surface area contributed by atoms with Crippen LogP contribution >= 0.6 is 11.3 Å². The summed E-state index contributed by atoms with van der Waals surface area (Å²) in [5.74, 6) is 0.515. The number of carbonyl (C=O) groups excluding carboxylic acids is 2. The summed E-state index contributed by atoms with van der Waals surface area (Å²) < 4.78 is 15.6. The summed E-state index contributed by atoms with van der Waals surface area (Å²) in [5.41, 5.74) is 0.901. The van der Waals surface area contributed by atoms with Crippen LogP contribution in [0.3, 0.4) is 0 Å². The highest BCUT2D eigenvalue weighted by atomic mass is 32.1. The van der Waals surface area contributed by atoms with E-state index in [9.17, 15) is 9.59 Å². The van der Waals surface area contributed by atoms with Gasteiger partial charge in [0.25, 0.3) is 5.91 Å². The van der Waals surface area contributed by atoms with E-state index >= 15 is 0 Å². The van der Waals surface area contributed by atoms with Gasteiger partial charge in [0.15, 0.2) is 18.1 Å². The van der Waals surface area contributed by atoms with Crippen LogP contribution in [0.25, 0.3) is 0 Å².